The van der Waals surface area contributed by atoms with Gasteiger partial charge in [-0.25, -0.2) is 0 Å². The van der Waals surface area contributed by atoms with Crippen LogP contribution in [0, 0.1) is 6.92 Å². The van der Waals surface area contributed by atoms with Crippen molar-refractivity contribution in [3.63, 3.8) is 0 Å². The summed E-state index contributed by atoms with van der Waals surface area (Å²) >= 11 is 0. The number of benzene rings is 1. The van der Waals surface area contributed by atoms with Crippen LogP contribution in [0.4, 0.5) is 5.69 Å². The molecule has 0 bridgehead atoms. The third-order valence-corrected chi connectivity index (χ3v) is 2.87. The first-order valence-electron chi connectivity index (χ1n) is 5.72. The second kappa shape index (κ2) is 6.25. The maximum absolute atomic E-state index is 10.8. The molecule has 1 aromatic carbocycles. The minimum Gasteiger partial charge on any atom is -0.480 e. The molecule has 0 radical (unpaired) electrons. The van der Waals surface area contributed by atoms with Gasteiger partial charge in [-0.15, -0.1) is 0 Å². The Kier molecular flexibility index (Phi) is 4.97. The van der Waals surface area contributed by atoms with Gasteiger partial charge < -0.3 is 15.3 Å². The lowest BCUT2D eigenvalue weighted by Gasteiger charge is -2.21. The summed E-state index contributed by atoms with van der Waals surface area (Å²) in [5.74, 6) is -0.801. The highest BCUT2D eigenvalue weighted by molar-refractivity contribution is 5.73. The van der Waals surface area contributed by atoms with Gasteiger partial charge in [-0.3, -0.25) is 4.79 Å². The third kappa shape index (κ3) is 4.07. The lowest BCUT2D eigenvalue weighted by atomic mass is 10.2. The van der Waals surface area contributed by atoms with Gasteiger partial charge in [-0.05, 0) is 32.5 Å². The van der Waals surface area contributed by atoms with Gasteiger partial charge in [-0.2, -0.15) is 0 Å². The molecule has 4 heteroatoms. The summed E-state index contributed by atoms with van der Waals surface area (Å²) in [4.78, 5) is 12.9. The van der Waals surface area contributed by atoms with Gasteiger partial charge in [0.05, 0.1) is 0 Å². The molecule has 0 amide bonds. The molecule has 1 aromatic rings. The highest BCUT2D eigenvalue weighted by Crippen LogP contribution is 2.13. The summed E-state index contributed by atoms with van der Waals surface area (Å²) in [5.41, 5.74) is 2.33. The van der Waals surface area contributed by atoms with E-state index < -0.39 is 12.0 Å². The van der Waals surface area contributed by atoms with E-state index in [0.717, 1.165) is 5.69 Å². The van der Waals surface area contributed by atoms with Crippen LogP contribution in [0.25, 0.3) is 0 Å². The Bertz CT molecular complexity index is 362. The highest BCUT2D eigenvalue weighted by Gasteiger charge is 2.15. The van der Waals surface area contributed by atoms with Crippen LogP contribution in [0.1, 0.15) is 12.0 Å². The summed E-state index contributed by atoms with van der Waals surface area (Å²) in [7, 11) is 3.64. The van der Waals surface area contributed by atoms with E-state index in [1.807, 2.05) is 26.1 Å². The minimum absolute atomic E-state index is 0.483. The number of likely N-dealkylation sites (N-methyl/N-ethyl adjacent to an activating group) is 1. The molecule has 0 saturated carbocycles. The number of carbonyl (C=O) groups is 1. The van der Waals surface area contributed by atoms with Crippen molar-refractivity contribution in [1.29, 1.82) is 0 Å². The fraction of sp³-hybridized carbons (Fsp3) is 0.462. The normalized spacial score (nSPS) is 12.2. The molecular weight excluding hydrogens is 216 g/mol. The number of nitrogens with one attached hydrogen (secondary N) is 1. The molecule has 2 N–H and O–H groups in total. The number of rotatable bonds is 6. The van der Waals surface area contributed by atoms with Gasteiger partial charge in [0, 0.05) is 19.3 Å². The number of anilines is 1. The van der Waals surface area contributed by atoms with Gasteiger partial charge in [-0.1, -0.05) is 17.7 Å². The number of carboxylic acids is 1. The summed E-state index contributed by atoms with van der Waals surface area (Å²) in [6.45, 7) is 2.76. The predicted octanol–water partition coefficient (Wildman–Crippen LogP) is 1.49. The Morgan fingerprint density at radius 3 is 2.47 bits per heavy atom. The minimum atomic E-state index is -0.801. The highest BCUT2D eigenvalue weighted by atomic mass is 16.4. The van der Waals surface area contributed by atoms with Crippen LogP contribution in [0.15, 0.2) is 24.3 Å². The predicted molar refractivity (Wildman–Crippen MR) is 69.5 cm³/mol. The van der Waals surface area contributed by atoms with E-state index >= 15 is 0 Å². The van der Waals surface area contributed by atoms with Crippen molar-refractivity contribution in [2.24, 2.45) is 0 Å². The number of carboxylic acid groups (broad SMARTS) is 1. The number of hydrogen-bond acceptors (Lipinski definition) is 3. The van der Waals surface area contributed by atoms with Gasteiger partial charge in [0.15, 0.2) is 0 Å². The van der Waals surface area contributed by atoms with Gasteiger partial charge in [0.25, 0.3) is 0 Å². The smallest absolute Gasteiger partial charge is 0.320 e. The summed E-state index contributed by atoms with van der Waals surface area (Å²) < 4.78 is 0. The van der Waals surface area contributed by atoms with Crippen molar-refractivity contribution < 1.29 is 9.90 Å². The zero-order chi connectivity index (χ0) is 12.8. The van der Waals surface area contributed by atoms with Crippen molar-refractivity contribution in [1.82, 2.24) is 5.32 Å². The van der Waals surface area contributed by atoms with Crippen LogP contribution in [-0.2, 0) is 4.79 Å². The Morgan fingerprint density at radius 1 is 1.41 bits per heavy atom. The van der Waals surface area contributed by atoms with E-state index in [1.54, 1.807) is 7.05 Å². The van der Waals surface area contributed by atoms with E-state index in [9.17, 15) is 4.79 Å². The third-order valence-electron chi connectivity index (χ3n) is 2.87. The second-order valence-electron chi connectivity index (χ2n) is 4.23. The summed E-state index contributed by atoms with van der Waals surface area (Å²) in [6, 6.07) is 7.72. The van der Waals surface area contributed by atoms with Crippen LogP contribution < -0.4 is 10.2 Å². The first-order valence-corrected chi connectivity index (χ1v) is 5.72. The molecule has 0 spiro atoms. The molecule has 0 aromatic heterocycles. The van der Waals surface area contributed by atoms with E-state index in [4.69, 9.17) is 5.11 Å². The monoisotopic (exact) mass is 236 g/mol. The Balaban J connectivity index is 2.52. The molecule has 0 aliphatic carbocycles. The molecule has 4 nitrogen and oxygen atoms in total. The SMILES string of the molecule is CNC(CCN(C)c1ccc(C)cc1)C(=O)O. The van der Waals surface area contributed by atoms with Crippen molar-refractivity contribution in [2.45, 2.75) is 19.4 Å². The molecule has 94 valence electrons. The molecule has 0 heterocycles. The molecule has 1 atom stereocenters. The molecule has 17 heavy (non-hydrogen) atoms. The van der Waals surface area contributed by atoms with E-state index in [1.165, 1.54) is 5.56 Å². The van der Waals surface area contributed by atoms with Crippen molar-refractivity contribution >= 4 is 11.7 Å². The molecule has 1 unspecified atom stereocenters. The molecular formula is C13H20N2O2. The molecule has 0 aliphatic rings. The molecule has 0 fully saturated rings. The van der Waals surface area contributed by atoms with Crippen molar-refractivity contribution in [2.75, 3.05) is 25.5 Å². The first kappa shape index (κ1) is 13.5. The second-order valence-corrected chi connectivity index (χ2v) is 4.23. The largest absolute Gasteiger partial charge is 0.480 e. The van der Waals surface area contributed by atoms with Gasteiger partial charge in [0.1, 0.15) is 6.04 Å². The number of aliphatic carboxylic acids is 1. The summed E-state index contributed by atoms with van der Waals surface area (Å²) in [6.07, 6.45) is 0.580. The van der Waals surface area contributed by atoms with Crippen LogP contribution >= 0.6 is 0 Å². The maximum atomic E-state index is 10.8. The Labute approximate surface area is 102 Å². The first-order chi connectivity index (χ1) is 8.04. The number of nitrogens with zero attached hydrogens (tertiary/aromatic N) is 1. The van der Waals surface area contributed by atoms with Crippen LogP contribution in [0.2, 0.25) is 0 Å². The zero-order valence-corrected chi connectivity index (χ0v) is 10.6. The van der Waals surface area contributed by atoms with E-state index in [0.29, 0.717) is 13.0 Å². The maximum Gasteiger partial charge on any atom is 0.320 e. The Morgan fingerprint density at radius 2 is 2.00 bits per heavy atom. The lowest BCUT2D eigenvalue weighted by molar-refractivity contribution is -0.139. The van der Waals surface area contributed by atoms with E-state index in [2.05, 4.69) is 22.3 Å². The molecule has 1 rings (SSSR count). The summed E-state index contributed by atoms with van der Waals surface area (Å²) in [5, 5.41) is 11.7. The van der Waals surface area contributed by atoms with Crippen molar-refractivity contribution in [3.05, 3.63) is 29.8 Å². The topological polar surface area (TPSA) is 52.6 Å². The molecule has 0 saturated heterocycles. The fourth-order valence-electron chi connectivity index (χ4n) is 1.64. The van der Waals surface area contributed by atoms with Crippen LogP contribution in [0.3, 0.4) is 0 Å². The average Bonchev–Trinajstić information content (AvgIpc) is 2.30. The van der Waals surface area contributed by atoms with Crippen molar-refractivity contribution in [3.8, 4) is 0 Å². The standard InChI is InChI=1S/C13H20N2O2/c1-10-4-6-11(7-5-10)15(3)9-8-12(14-2)13(16)17/h4-7,12,14H,8-9H2,1-3H3,(H,16,17). The Hall–Kier alpha value is -1.55. The number of aryl methyl sites for hydroxylation is 1. The fourth-order valence-corrected chi connectivity index (χ4v) is 1.64. The average molecular weight is 236 g/mol. The van der Waals surface area contributed by atoms with E-state index in [-0.39, 0.29) is 0 Å². The lowest BCUT2D eigenvalue weighted by Crippen LogP contribution is -2.37. The van der Waals surface area contributed by atoms with Gasteiger partial charge in [0.2, 0.25) is 0 Å². The zero-order valence-electron chi connectivity index (χ0n) is 10.6. The number of hydrogen-bond donors (Lipinski definition) is 2. The quantitative estimate of drug-likeness (QED) is 0.786. The van der Waals surface area contributed by atoms with Gasteiger partial charge >= 0.3 is 5.97 Å². The molecule has 0 aliphatic heterocycles. The van der Waals surface area contributed by atoms with Crippen LogP contribution in [0.5, 0.6) is 0 Å². The van der Waals surface area contributed by atoms with Crippen LogP contribution in [-0.4, -0.2) is 37.8 Å².